The van der Waals surface area contributed by atoms with Crippen LogP contribution in [0.4, 0.5) is 9.59 Å². The van der Waals surface area contributed by atoms with Gasteiger partial charge >= 0.3 is 30.1 Å². The largest absolute Gasteiger partial charge is 0.480 e. The van der Waals surface area contributed by atoms with Crippen LogP contribution < -0.4 is 11.1 Å². The summed E-state index contributed by atoms with van der Waals surface area (Å²) >= 11 is 0. The van der Waals surface area contributed by atoms with E-state index in [1.165, 1.54) is 19.1 Å². The summed E-state index contributed by atoms with van der Waals surface area (Å²) in [5.41, 5.74) is 2.33. The summed E-state index contributed by atoms with van der Waals surface area (Å²) in [7, 11) is 13.3. The van der Waals surface area contributed by atoms with Gasteiger partial charge in [-0.15, -0.1) is 48.9 Å². The summed E-state index contributed by atoms with van der Waals surface area (Å²) in [5, 5.41) is 30.8. The number of methoxy groups -OCH3 is 2. The Morgan fingerprint density at radius 2 is 1.18 bits per heavy atom. The van der Waals surface area contributed by atoms with Crippen LogP contribution in [-0.2, 0) is 38.1 Å². The second-order valence-corrected chi connectivity index (χ2v) is 19.5. The van der Waals surface area contributed by atoms with Gasteiger partial charge in [-0.05, 0) is 54.4 Å². The molecule has 2 saturated carbocycles. The number of carboxylic acids is 1. The predicted molar refractivity (Wildman–Crippen MR) is 239 cm³/mol. The normalized spacial score (nSPS) is 27.8. The van der Waals surface area contributed by atoms with Crippen LogP contribution in [0.15, 0.2) is 25.3 Å². The van der Waals surface area contributed by atoms with Crippen molar-refractivity contribution in [1.29, 1.82) is 0 Å². The van der Waals surface area contributed by atoms with E-state index in [1.54, 1.807) is 53.7 Å². The first-order chi connectivity index (χ1) is 25.8. The Morgan fingerprint density at radius 1 is 0.789 bits per heavy atom. The van der Waals surface area contributed by atoms with Crippen molar-refractivity contribution >= 4 is 89.6 Å². The molecule has 17 nitrogen and oxygen atoms in total. The lowest BCUT2D eigenvalue weighted by molar-refractivity contribution is -0.147. The molecule has 4 aliphatic rings. The molecule has 2 aliphatic carbocycles. The van der Waals surface area contributed by atoms with Gasteiger partial charge in [0.15, 0.2) is 0 Å². The highest BCUT2D eigenvalue weighted by Gasteiger charge is 2.62. The molecule has 2 aliphatic heterocycles. The SMILES string of the molecule is C=C[C@@H]1C[C@]1(N)C(=O)OC.C=C[C@@H]1C[C@]1(NC(=O)[C@@H]1C[C@@H](O)CN1C(=O)OC(C)(C)C)C(=O)OC.CC(C)(C)OC(=O)N1C[C@H](O)C[C@H]1C(=O)O.P.PP.PPP. The number of hydrogen-bond donors (Lipinski definition) is 5. The maximum Gasteiger partial charge on any atom is 0.411 e. The van der Waals surface area contributed by atoms with Crippen LogP contribution in [0.3, 0.4) is 0 Å². The number of ether oxygens (including phenoxy) is 4. The van der Waals surface area contributed by atoms with Crippen LogP contribution in [0.25, 0.3) is 0 Å². The molecule has 0 spiro atoms. The lowest BCUT2D eigenvalue weighted by Crippen LogP contribution is -2.53. The van der Waals surface area contributed by atoms with Gasteiger partial charge in [0.25, 0.3) is 0 Å². The molecule has 3 amide bonds. The standard InChI is InChI=1S/C17H26N2O6.C10H17NO5.C7H11NO2.H5P3.H4P2.H3P/c1-6-10-8-17(10,14(22)24-5)18-13(21)12-7-11(20)9-19(12)15(23)25-16(2,3)4;1-10(2,3)16-9(15)11-5-6(12)4-7(11)8(13)14;1-3-5-4-7(5,8)6(9)10-2;1-3-2;1-2;/h6,10-12,20H,1,7-9H2,2-5H3,(H,18,21);6-7,12H,4-5H2,1-3H3,(H,13,14);3,5H,1,4,8H2,2H3;3H,1-2H2;1-2H2;1H3/t10-,11-,12+,17-;6-,7+;5-,7-;;;/m111.../s1. The number of carbonyl (C=O) groups is 6. The molecule has 13 atom stereocenters. The number of carbonyl (C=O) groups excluding carboxylic acids is 5. The summed E-state index contributed by atoms with van der Waals surface area (Å²) in [6, 6.07) is -1.90. The van der Waals surface area contributed by atoms with Crippen LogP contribution in [0, 0.1) is 11.8 Å². The number of hydrogen-bond acceptors (Lipinski definition) is 13. The van der Waals surface area contributed by atoms with Crippen LogP contribution in [0.1, 0.15) is 67.2 Å². The first-order valence-corrected chi connectivity index (χ1v) is 24.7. The van der Waals surface area contributed by atoms with Crippen molar-refractivity contribution in [3.05, 3.63) is 25.3 Å². The Kier molecular flexibility index (Phi) is 25.4. The summed E-state index contributed by atoms with van der Waals surface area (Å²) in [5.74, 6) is -2.63. The van der Waals surface area contributed by atoms with Crippen molar-refractivity contribution in [3.8, 4) is 0 Å². The number of aliphatic hydroxyl groups is 2. The topological polar surface area (TPSA) is 245 Å². The van der Waals surface area contributed by atoms with E-state index >= 15 is 0 Å². The Hall–Kier alpha value is -1.64. The molecule has 0 aromatic rings. The molecule has 0 aromatic heterocycles. The maximum absolute atomic E-state index is 12.7. The average Bonchev–Trinajstić information content (AvgIpc) is 3.87. The van der Waals surface area contributed by atoms with Gasteiger partial charge in [0.1, 0.15) is 34.4 Å². The molecule has 6 N–H and O–H groups in total. The quantitative estimate of drug-likeness (QED) is 0.107. The fourth-order valence-electron chi connectivity index (χ4n) is 5.67. The smallest absolute Gasteiger partial charge is 0.411 e. The molecule has 4 fully saturated rings. The highest BCUT2D eigenvalue weighted by Crippen LogP contribution is 2.45. The van der Waals surface area contributed by atoms with Crippen LogP contribution >= 0.6 is 53.6 Å². The summed E-state index contributed by atoms with van der Waals surface area (Å²) < 4.78 is 19.6. The third-order valence-corrected chi connectivity index (χ3v) is 8.51. The zero-order valence-corrected chi connectivity index (χ0v) is 41.2. The first kappa shape index (κ1) is 57.5. The van der Waals surface area contributed by atoms with E-state index in [0.29, 0.717) is 12.8 Å². The zero-order chi connectivity index (χ0) is 44.0. The number of β-amino-alcohol motifs (C(OH)–C–C–N with tert-alkyl or cyclic N) is 2. The van der Waals surface area contributed by atoms with Gasteiger partial charge in [-0.25, -0.2) is 19.2 Å². The molecule has 23 heteroatoms. The van der Waals surface area contributed by atoms with Gasteiger partial charge in [0.05, 0.1) is 39.5 Å². The average molecular weight is 925 g/mol. The third kappa shape index (κ3) is 17.9. The Morgan fingerprint density at radius 3 is 1.49 bits per heavy atom. The van der Waals surface area contributed by atoms with Gasteiger partial charge in [0, 0.05) is 24.7 Å². The van der Waals surface area contributed by atoms with E-state index in [2.05, 4.69) is 58.9 Å². The van der Waals surface area contributed by atoms with Gasteiger partial charge in [-0.2, -0.15) is 9.90 Å². The number of amides is 3. The van der Waals surface area contributed by atoms with Gasteiger partial charge in [0.2, 0.25) is 5.91 Å². The summed E-state index contributed by atoms with van der Waals surface area (Å²) in [6.45, 7) is 17.5. The molecule has 2 saturated heterocycles. The van der Waals surface area contributed by atoms with E-state index in [-0.39, 0.29) is 53.6 Å². The van der Waals surface area contributed by atoms with Crippen molar-refractivity contribution in [2.45, 2.75) is 114 Å². The lowest BCUT2D eigenvalue weighted by atomic mass is 10.1. The number of nitrogens with two attached hydrogens (primary N) is 1. The van der Waals surface area contributed by atoms with Crippen LogP contribution in [0.2, 0.25) is 0 Å². The molecular formula is C34H66N4O13P6. The second kappa shape index (κ2) is 25.2. The lowest BCUT2D eigenvalue weighted by Gasteiger charge is -2.28. The number of likely N-dealkylation sites (tertiary alicyclic amines) is 2. The molecule has 0 aromatic carbocycles. The van der Waals surface area contributed by atoms with Crippen molar-refractivity contribution in [3.63, 3.8) is 0 Å². The minimum Gasteiger partial charge on any atom is -0.480 e. The Bertz CT molecular complexity index is 1400. The summed E-state index contributed by atoms with van der Waals surface area (Å²) in [4.78, 5) is 72.7. The minimum atomic E-state index is -1.14. The number of aliphatic carboxylic acids is 1. The van der Waals surface area contributed by atoms with E-state index in [0.717, 1.165) is 12.9 Å². The number of nitrogens with one attached hydrogen (secondary N) is 1. The van der Waals surface area contributed by atoms with E-state index in [9.17, 15) is 39.0 Å². The van der Waals surface area contributed by atoms with E-state index in [1.807, 2.05) is 0 Å². The maximum atomic E-state index is 12.7. The van der Waals surface area contributed by atoms with Gasteiger partial charge in [-0.1, -0.05) is 20.1 Å². The Balaban J connectivity index is 0. The third-order valence-electron chi connectivity index (χ3n) is 8.51. The van der Waals surface area contributed by atoms with Gasteiger partial charge < -0.3 is 45.3 Å². The molecular weight excluding hydrogens is 858 g/mol. The highest BCUT2D eigenvalue weighted by atomic mass is 32.4. The van der Waals surface area contributed by atoms with Crippen molar-refractivity contribution < 1.29 is 63.0 Å². The van der Waals surface area contributed by atoms with Gasteiger partial charge in [-0.3, -0.25) is 19.4 Å². The summed E-state index contributed by atoms with van der Waals surface area (Å²) in [6.07, 6.45) is 1.49. The second-order valence-electron chi connectivity index (χ2n) is 15.2. The Labute approximate surface area is 350 Å². The molecule has 5 unspecified atom stereocenters. The monoisotopic (exact) mass is 924 g/mol. The van der Waals surface area contributed by atoms with E-state index in [4.69, 9.17) is 25.1 Å². The molecule has 2 heterocycles. The first-order valence-electron chi connectivity index (χ1n) is 17.4. The molecule has 330 valence electrons. The zero-order valence-electron chi connectivity index (χ0n) is 34.2. The molecule has 0 bridgehead atoms. The fourth-order valence-corrected chi connectivity index (χ4v) is 5.67. The minimum absolute atomic E-state index is 0. The predicted octanol–water partition coefficient (Wildman–Crippen LogP) is 3.05. The van der Waals surface area contributed by atoms with Crippen LogP contribution in [-0.4, -0.2) is 135 Å². The highest BCUT2D eigenvalue weighted by molar-refractivity contribution is 8.33. The molecule has 0 radical (unpaired) electrons. The fraction of sp³-hybridized carbons (Fsp3) is 0.706. The van der Waals surface area contributed by atoms with Crippen molar-refractivity contribution in [2.75, 3.05) is 27.3 Å². The number of carboxylic acid groups (broad SMARTS) is 1. The van der Waals surface area contributed by atoms with Crippen LogP contribution in [0.5, 0.6) is 0 Å². The van der Waals surface area contributed by atoms with Crippen molar-refractivity contribution in [1.82, 2.24) is 15.1 Å². The molecule has 4 rings (SSSR count). The molecule has 57 heavy (non-hydrogen) atoms. The number of aliphatic hydroxyl groups excluding tert-OH is 2. The van der Waals surface area contributed by atoms with Crippen molar-refractivity contribution in [2.24, 2.45) is 17.6 Å². The van der Waals surface area contributed by atoms with E-state index < -0.39 is 76.6 Å². The number of rotatable bonds is 7. The number of nitrogens with zero attached hydrogens (tertiary/aromatic N) is 2. The number of esters is 2.